The van der Waals surface area contributed by atoms with Crippen molar-refractivity contribution in [3.05, 3.63) is 71.7 Å². The van der Waals surface area contributed by atoms with Crippen LogP contribution in [0.5, 0.6) is 0 Å². The number of carbonyl (C=O) groups excluding carboxylic acids is 3. The predicted molar refractivity (Wildman–Crippen MR) is 117 cm³/mol. The van der Waals surface area contributed by atoms with Gasteiger partial charge in [0.05, 0.1) is 17.9 Å². The Morgan fingerprint density at radius 2 is 1.78 bits per heavy atom. The number of hydrogen-bond donors (Lipinski definition) is 0. The van der Waals surface area contributed by atoms with Crippen molar-refractivity contribution in [2.75, 3.05) is 24.7 Å². The molecule has 0 spiro atoms. The van der Waals surface area contributed by atoms with E-state index in [1.165, 1.54) is 11.1 Å². The number of nitrogens with zero attached hydrogens (tertiary/aromatic N) is 4. The number of benzene rings is 1. The van der Waals surface area contributed by atoms with E-state index >= 15 is 0 Å². The van der Waals surface area contributed by atoms with Crippen molar-refractivity contribution in [3.63, 3.8) is 0 Å². The summed E-state index contributed by atoms with van der Waals surface area (Å²) in [4.78, 5) is 42.5. The Morgan fingerprint density at radius 1 is 1.03 bits per heavy atom. The van der Waals surface area contributed by atoms with E-state index in [0.29, 0.717) is 11.5 Å². The van der Waals surface area contributed by atoms with Crippen molar-refractivity contribution < 1.29 is 23.9 Å². The Balaban J connectivity index is 1.66. The van der Waals surface area contributed by atoms with Crippen molar-refractivity contribution in [1.82, 2.24) is 14.8 Å². The number of pyridine rings is 1. The molecular formula is C23H24N4O5. The first-order valence-electron chi connectivity index (χ1n) is 10.1. The van der Waals surface area contributed by atoms with Gasteiger partial charge < -0.3 is 9.47 Å². The zero-order chi connectivity index (χ0) is 23.1. The summed E-state index contributed by atoms with van der Waals surface area (Å²) in [5.74, 6) is -1.24. The van der Waals surface area contributed by atoms with E-state index in [2.05, 4.69) is 10.1 Å². The van der Waals surface area contributed by atoms with Crippen LogP contribution in [0.1, 0.15) is 28.7 Å². The summed E-state index contributed by atoms with van der Waals surface area (Å²) < 4.78 is 11.8. The maximum absolute atomic E-state index is 12.7. The van der Waals surface area contributed by atoms with Crippen LogP contribution in [-0.4, -0.2) is 52.4 Å². The number of rotatable bonds is 8. The van der Waals surface area contributed by atoms with Crippen molar-refractivity contribution in [2.45, 2.75) is 20.8 Å². The van der Waals surface area contributed by atoms with Gasteiger partial charge in [-0.05, 0) is 51.1 Å². The van der Waals surface area contributed by atoms with E-state index in [1.54, 1.807) is 54.1 Å². The number of carbonyl (C=O) groups is 3. The lowest BCUT2D eigenvalue weighted by molar-refractivity contribution is -0.142. The van der Waals surface area contributed by atoms with Gasteiger partial charge in [-0.2, -0.15) is 5.10 Å². The van der Waals surface area contributed by atoms with Gasteiger partial charge in [-0.1, -0.05) is 18.2 Å². The van der Waals surface area contributed by atoms with Crippen molar-refractivity contribution in [1.29, 1.82) is 0 Å². The quantitative estimate of drug-likeness (QED) is 0.500. The molecule has 166 valence electrons. The maximum atomic E-state index is 12.7. The lowest BCUT2D eigenvalue weighted by Gasteiger charge is -2.21. The second-order valence-corrected chi connectivity index (χ2v) is 6.94. The normalized spacial score (nSPS) is 10.5. The van der Waals surface area contributed by atoms with Gasteiger partial charge >= 0.3 is 11.9 Å². The molecule has 0 saturated heterocycles. The van der Waals surface area contributed by atoms with Crippen LogP contribution < -0.4 is 4.90 Å². The van der Waals surface area contributed by atoms with Gasteiger partial charge in [0.15, 0.2) is 12.4 Å². The second kappa shape index (κ2) is 10.3. The molecule has 0 saturated carbocycles. The molecule has 1 amide bonds. The Labute approximate surface area is 185 Å². The van der Waals surface area contributed by atoms with E-state index < -0.39 is 24.5 Å². The molecule has 3 rings (SSSR count). The lowest BCUT2D eigenvalue weighted by atomic mass is 10.2. The van der Waals surface area contributed by atoms with E-state index in [4.69, 9.17) is 9.47 Å². The van der Waals surface area contributed by atoms with E-state index in [0.717, 1.165) is 11.4 Å². The van der Waals surface area contributed by atoms with Crippen LogP contribution in [0, 0.1) is 13.8 Å². The number of ether oxygens (including phenoxy) is 2. The number of anilines is 1. The number of para-hydroxylation sites is 1. The van der Waals surface area contributed by atoms with Gasteiger partial charge in [0, 0.05) is 17.6 Å². The fourth-order valence-electron chi connectivity index (χ4n) is 3.05. The summed E-state index contributed by atoms with van der Waals surface area (Å²) in [5, 5.41) is 4.35. The van der Waals surface area contributed by atoms with E-state index in [1.807, 2.05) is 19.9 Å². The molecule has 9 nitrogen and oxygen atoms in total. The van der Waals surface area contributed by atoms with Crippen LogP contribution >= 0.6 is 0 Å². The first-order chi connectivity index (χ1) is 15.4. The lowest BCUT2D eigenvalue weighted by Crippen LogP contribution is -2.39. The molecule has 0 radical (unpaired) electrons. The average molecular weight is 436 g/mol. The third-order valence-corrected chi connectivity index (χ3v) is 4.50. The fraction of sp³-hybridized carbons (Fsp3) is 0.261. The largest absolute Gasteiger partial charge is 0.465 e. The molecule has 0 fully saturated rings. The number of amides is 1. The topological polar surface area (TPSA) is 104 Å². The molecule has 0 unspecified atom stereocenters. The summed E-state index contributed by atoms with van der Waals surface area (Å²) in [5.41, 5.74) is 2.47. The summed E-state index contributed by atoms with van der Waals surface area (Å²) in [6.07, 6.45) is 1.37. The molecule has 2 heterocycles. The molecule has 2 aromatic heterocycles. The minimum Gasteiger partial charge on any atom is -0.465 e. The van der Waals surface area contributed by atoms with Crippen LogP contribution in [0.25, 0.3) is 5.82 Å². The zero-order valence-electron chi connectivity index (χ0n) is 18.1. The molecule has 0 aliphatic carbocycles. The molecule has 1 aromatic carbocycles. The van der Waals surface area contributed by atoms with Gasteiger partial charge in [0.2, 0.25) is 0 Å². The zero-order valence-corrected chi connectivity index (χ0v) is 18.1. The summed E-state index contributed by atoms with van der Waals surface area (Å²) in [7, 11) is 0. The molecular weight excluding hydrogens is 412 g/mol. The highest BCUT2D eigenvalue weighted by Gasteiger charge is 2.21. The SMILES string of the molecule is CCOC(=O)CN(C(=O)COC(=O)c1ccc(-n2nc(C)cc2C)nc1)c1ccccc1. The molecule has 0 atom stereocenters. The van der Waals surface area contributed by atoms with Crippen LogP contribution in [0.15, 0.2) is 54.7 Å². The third kappa shape index (κ3) is 5.57. The minimum absolute atomic E-state index is 0.194. The molecule has 3 aromatic rings. The van der Waals surface area contributed by atoms with Crippen LogP contribution in [-0.2, 0) is 19.1 Å². The monoisotopic (exact) mass is 436 g/mol. The molecule has 32 heavy (non-hydrogen) atoms. The molecule has 0 aliphatic heterocycles. The van der Waals surface area contributed by atoms with E-state index in [-0.39, 0.29) is 18.7 Å². The van der Waals surface area contributed by atoms with Gasteiger partial charge in [0.25, 0.3) is 5.91 Å². The Morgan fingerprint density at radius 3 is 2.38 bits per heavy atom. The smallest absolute Gasteiger partial charge is 0.340 e. The fourth-order valence-corrected chi connectivity index (χ4v) is 3.05. The minimum atomic E-state index is -0.699. The number of hydrogen-bond acceptors (Lipinski definition) is 7. The van der Waals surface area contributed by atoms with Gasteiger partial charge in [-0.3, -0.25) is 14.5 Å². The van der Waals surface area contributed by atoms with Crippen molar-refractivity contribution in [3.8, 4) is 5.82 Å². The Hall–Kier alpha value is -4.01. The first-order valence-corrected chi connectivity index (χ1v) is 10.1. The van der Waals surface area contributed by atoms with Crippen molar-refractivity contribution >= 4 is 23.5 Å². The van der Waals surface area contributed by atoms with Gasteiger partial charge in [-0.25, -0.2) is 14.5 Å². The Kier molecular flexibility index (Phi) is 7.33. The number of esters is 2. The Bertz CT molecular complexity index is 1090. The predicted octanol–water partition coefficient (Wildman–Crippen LogP) is 2.64. The maximum Gasteiger partial charge on any atom is 0.340 e. The highest BCUT2D eigenvalue weighted by atomic mass is 16.5. The van der Waals surface area contributed by atoms with Crippen LogP contribution in [0.2, 0.25) is 0 Å². The van der Waals surface area contributed by atoms with Crippen molar-refractivity contribution in [2.24, 2.45) is 0 Å². The summed E-state index contributed by atoms with van der Waals surface area (Å²) in [6.45, 7) is 4.85. The molecule has 0 N–H and O–H groups in total. The number of aryl methyl sites for hydroxylation is 2. The van der Waals surface area contributed by atoms with Crippen LogP contribution in [0.3, 0.4) is 0 Å². The molecule has 0 bridgehead atoms. The molecule has 0 aliphatic rings. The summed E-state index contributed by atoms with van der Waals surface area (Å²) in [6, 6.07) is 13.8. The third-order valence-electron chi connectivity index (χ3n) is 4.50. The standard InChI is InChI=1S/C23H24N4O5/c1-4-31-22(29)14-26(19-8-6-5-7-9-19)21(28)15-32-23(30)18-10-11-20(24-13-18)27-17(3)12-16(2)25-27/h5-13H,4,14-15H2,1-3H3. The highest BCUT2D eigenvalue weighted by molar-refractivity contribution is 6.00. The average Bonchev–Trinajstić information content (AvgIpc) is 3.14. The number of aromatic nitrogens is 3. The highest BCUT2D eigenvalue weighted by Crippen LogP contribution is 2.15. The van der Waals surface area contributed by atoms with Gasteiger partial charge in [-0.15, -0.1) is 0 Å². The first kappa shape index (κ1) is 22.7. The van der Waals surface area contributed by atoms with Gasteiger partial charge in [0.1, 0.15) is 6.54 Å². The molecule has 9 heteroatoms. The van der Waals surface area contributed by atoms with Crippen LogP contribution in [0.4, 0.5) is 5.69 Å². The second-order valence-electron chi connectivity index (χ2n) is 6.94. The van der Waals surface area contributed by atoms with E-state index in [9.17, 15) is 14.4 Å². The summed E-state index contributed by atoms with van der Waals surface area (Å²) >= 11 is 0.